The van der Waals surface area contributed by atoms with Gasteiger partial charge in [-0.15, -0.1) is 0 Å². The summed E-state index contributed by atoms with van der Waals surface area (Å²) in [6.45, 7) is 0. The molecule has 2 aromatic carbocycles. The Kier molecular flexibility index (Phi) is 5.57. The summed E-state index contributed by atoms with van der Waals surface area (Å²) < 4.78 is 0.611. The Morgan fingerprint density at radius 2 is 1.86 bits per heavy atom. The fourth-order valence-corrected chi connectivity index (χ4v) is 2.55. The van der Waals surface area contributed by atoms with Crippen molar-refractivity contribution in [1.82, 2.24) is 5.43 Å². The van der Waals surface area contributed by atoms with Gasteiger partial charge in [0, 0.05) is 5.56 Å². The summed E-state index contributed by atoms with van der Waals surface area (Å²) in [6.07, 6.45) is 1.60. The fourth-order valence-electron chi connectivity index (χ4n) is 1.71. The van der Waals surface area contributed by atoms with Crippen molar-refractivity contribution in [2.24, 2.45) is 5.10 Å². The van der Waals surface area contributed by atoms with Crippen LogP contribution in [-0.4, -0.2) is 22.3 Å². The Labute approximate surface area is 143 Å². The summed E-state index contributed by atoms with van der Waals surface area (Å²) in [7, 11) is 0. The minimum Gasteiger partial charge on any atom is -0.503 e. The topological polar surface area (TPSA) is 81.9 Å². The van der Waals surface area contributed by atoms with E-state index >= 15 is 0 Å². The first-order valence-electron chi connectivity index (χ1n) is 6.24. The van der Waals surface area contributed by atoms with E-state index < -0.39 is 0 Å². The van der Waals surface area contributed by atoms with Gasteiger partial charge in [-0.05, 0) is 43.5 Å². The van der Waals surface area contributed by atoms with Crippen molar-refractivity contribution in [2.45, 2.75) is 6.42 Å². The summed E-state index contributed by atoms with van der Waals surface area (Å²) >= 11 is 6.27. The van der Waals surface area contributed by atoms with E-state index in [1.807, 2.05) is 30.3 Å². The first-order valence-corrected chi connectivity index (χ1v) is 7.83. The quantitative estimate of drug-likeness (QED) is 0.397. The molecule has 3 N–H and O–H groups in total. The molecule has 0 unspecified atom stereocenters. The third kappa shape index (κ3) is 4.08. The van der Waals surface area contributed by atoms with E-state index in [1.54, 1.807) is 6.07 Å². The van der Waals surface area contributed by atoms with Crippen molar-refractivity contribution in [3.63, 3.8) is 0 Å². The molecule has 0 aliphatic rings. The second-order valence-electron chi connectivity index (χ2n) is 4.41. The molecule has 0 aromatic heterocycles. The third-order valence-electron chi connectivity index (χ3n) is 2.79. The standard InChI is InChI=1S/C15H12Br2N2O3/c16-11-7-10(13(17)15(22)14(11)21)8-18-19-12(20)6-9-4-2-1-3-5-9/h1-5,7-8,21-22H,6H2,(H,19,20)/b18-8+. The number of nitrogens with zero attached hydrogens (tertiary/aromatic N) is 1. The van der Waals surface area contributed by atoms with Crippen molar-refractivity contribution < 1.29 is 15.0 Å². The van der Waals surface area contributed by atoms with Crippen LogP contribution in [0.1, 0.15) is 11.1 Å². The van der Waals surface area contributed by atoms with Gasteiger partial charge < -0.3 is 10.2 Å². The van der Waals surface area contributed by atoms with Gasteiger partial charge in [-0.3, -0.25) is 4.79 Å². The highest BCUT2D eigenvalue weighted by Gasteiger charge is 2.12. The largest absolute Gasteiger partial charge is 0.503 e. The maximum Gasteiger partial charge on any atom is 0.244 e. The van der Waals surface area contributed by atoms with Crippen LogP contribution in [0.25, 0.3) is 0 Å². The van der Waals surface area contributed by atoms with Gasteiger partial charge in [0.05, 0.1) is 21.6 Å². The van der Waals surface area contributed by atoms with Crippen LogP contribution < -0.4 is 5.43 Å². The molecule has 7 heteroatoms. The number of benzene rings is 2. The van der Waals surface area contributed by atoms with Crippen molar-refractivity contribution in [3.8, 4) is 11.5 Å². The lowest BCUT2D eigenvalue weighted by Crippen LogP contribution is -2.19. The van der Waals surface area contributed by atoms with Crippen LogP contribution in [0.3, 0.4) is 0 Å². The number of nitrogens with one attached hydrogen (secondary N) is 1. The van der Waals surface area contributed by atoms with Crippen molar-refractivity contribution in [2.75, 3.05) is 0 Å². The fraction of sp³-hybridized carbons (Fsp3) is 0.0667. The molecular weight excluding hydrogens is 416 g/mol. The highest BCUT2D eigenvalue weighted by molar-refractivity contribution is 9.11. The molecule has 22 heavy (non-hydrogen) atoms. The van der Waals surface area contributed by atoms with Gasteiger partial charge in [-0.1, -0.05) is 30.3 Å². The summed E-state index contributed by atoms with van der Waals surface area (Å²) in [5.41, 5.74) is 3.80. The zero-order valence-corrected chi connectivity index (χ0v) is 14.4. The number of rotatable bonds is 4. The molecule has 0 saturated heterocycles. The summed E-state index contributed by atoms with van der Waals surface area (Å²) in [5.74, 6) is -0.816. The molecule has 0 heterocycles. The van der Waals surface area contributed by atoms with Crippen molar-refractivity contribution >= 4 is 44.0 Å². The molecule has 0 radical (unpaired) electrons. The highest BCUT2D eigenvalue weighted by Crippen LogP contribution is 2.40. The first kappa shape index (κ1) is 16.5. The van der Waals surface area contributed by atoms with Crippen molar-refractivity contribution in [3.05, 3.63) is 56.5 Å². The number of amides is 1. The maximum absolute atomic E-state index is 11.7. The zero-order valence-electron chi connectivity index (χ0n) is 11.3. The lowest BCUT2D eigenvalue weighted by molar-refractivity contribution is -0.120. The normalized spacial score (nSPS) is 10.8. The number of phenolic OH excluding ortho intramolecular Hbond substituents is 2. The van der Waals surface area contributed by atoms with E-state index in [1.165, 1.54) is 6.21 Å². The minimum absolute atomic E-state index is 0.226. The van der Waals surface area contributed by atoms with Gasteiger partial charge in [0.2, 0.25) is 5.91 Å². The average molecular weight is 428 g/mol. The Morgan fingerprint density at radius 1 is 1.18 bits per heavy atom. The SMILES string of the molecule is O=C(Cc1ccccc1)N/N=C/c1cc(Br)c(O)c(O)c1Br. The Bertz CT molecular complexity index is 718. The number of carbonyl (C=O) groups excluding carboxylic acids is 1. The molecule has 0 saturated carbocycles. The van der Waals surface area contributed by atoms with Gasteiger partial charge in [0.25, 0.3) is 0 Å². The second kappa shape index (κ2) is 7.42. The summed E-state index contributed by atoms with van der Waals surface area (Å²) in [4.78, 5) is 11.7. The van der Waals surface area contributed by atoms with Gasteiger partial charge in [0.15, 0.2) is 11.5 Å². The average Bonchev–Trinajstić information content (AvgIpc) is 2.51. The summed E-state index contributed by atoms with van der Waals surface area (Å²) in [6, 6.07) is 10.9. The molecule has 0 atom stereocenters. The molecule has 0 spiro atoms. The number of hydrazone groups is 1. The van der Waals surface area contributed by atoms with Gasteiger partial charge >= 0.3 is 0 Å². The van der Waals surface area contributed by atoms with Crippen molar-refractivity contribution in [1.29, 1.82) is 0 Å². The van der Waals surface area contributed by atoms with Crippen LogP contribution in [0.15, 0.2) is 50.4 Å². The van der Waals surface area contributed by atoms with Gasteiger partial charge in [-0.25, -0.2) is 5.43 Å². The predicted molar refractivity (Wildman–Crippen MR) is 91.1 cm³/mol. The number of carbonyl (C=O) groups is 1. The Balaban J connectivity index is 2.03. The lowest BCUT2D eigenvalue weighted by atomic mass is 10.1. The smallest absolute Gasteiger partial charge is 0.244 e. The van der Waals surface area contributed by atoms with E-state index in [9.17, 15) is 15.0 Å². The van der Waals surface area contributed by atoms with Crippen LogP contribution >= 0.6 is 31.9 Å². The maximum atomic E-state index is 11.7. The molecule has 2 rings (SSSR count). The second-order valence-corrected chi connectivity index (χ2v) is 6.06. The third-order valence-corrected chi connectivity index (χ3v) is 4.23. The van der Waals surface area contributed by atoms with E-state index in [2.05, 4.69) is 42.4 Å². The van der Waals surface area contributed by atoms with Crippen LogP contribution in [0.5, 0.6) is 11.5 Å². The first-order chi connectivity index (χ1) is 10.5. The zero-order chi connectivity index (χ0) is 16.1. The minimum atomic E-state index is -0.300. The monoisotopic (exact) mass is 426 g/mol. The molecule has 0 aliphatic carbocycles. The van der Waals surface area contributed by atoms with Gasteiger partial charge in [-0.2, -0.15) is 5.10 Å². The van der Waals surface area contributed by atoms with Crippen LogP contribution in [0.4, 0.5) is 0 Å². The Hall–Kier alpha value is -1.86. The molecule has 0 aliphatic heterocycles. The van der Waals surface area contributed by atoms with E-state index in [4.69, 9.17) is 0 Å². The number of hydrogen-bond acceptors (Lipinski definition) is 4. The highest BCUT2D eigenvalue weighted by atomic mass is 79.9. The van der Waals surface area contributed by atoms with E-state index in [0.29, 0.717) is 10.0 Å². The predicted octanol–water partition coefficient (Wildman–Crippen LogP) is 3.32. The lowest BCUT2D eigenvalue weighted by Gasteiger charge is -2.06. The summed E-state index contributed by atoms with van der Waals surface area (Å²) in [5, 5.41) is 23.1. The molecule has 5 nitrogen and oxygen atoms in total. The molecule has 0 bridgehead atoms. The molecule has 1 amide bonds. The van der Waals surface area contributed by atoms with Crippen LogP contribution in [0, 0.1) is 0 Å². The van der Waals surface area contributed by atoms with Crippen LogP contribution in [-0.2, 0) is 11.2 Å². The van der Waals surface area contributed by atoms with Crippen LogP contribution in [0.2, 0.25) is 0 Å². The molecular formula is C15H12Br2N2O3. The van der Waals surface area contributed by atoms with E-state index in [-0.39, 0.29) is 28.3 Å². The number of halogens is 2. The number of aromatic hydroxyl groups is 2. The molecule has 0 fully saturated rings. The molecule has 114 valence electrons. The number of hydrogen-bond donors (Lipinski definition) is 3. The number of phenols is 2. The van der Waals surface area contributed by atoms with E-state index in [0.717, 1.165) is 5.56 Å². The molecule has 2 aromatic rings. The Morgan fingerprint density at radius 3 is 2.55 bits per heavy atom. The van der Waals surface area contributed by atoms with Gasteiger partial charge in [0.1, 0.15) is 0 Å².